The van der Waals surface area contributed by atoms with Gasteiger partial charge in [0.05, 0.1) is 5.52 Å². The summed E-state index contributed by atoms with van der Waals surface area (Å²) in [6.07, 6.45) is 1.30. The van der Waals surface area contributed by atoms with Crippen LogP contribution in [0.25, 0.3) is 16.7 Å². The lowest BCUT2D eigenvalue weighted by atomic mass is 10.2. The second-order valence-corrected chi connectivity index (χ2v) is 3.82. The summed E-state index contributed by atoms with van der Waals surface area (Å²) in [6, 6.07) is 8.73. The van der Waals surface area contributed by atoms with E-state index in [0.717, 1.165) is 0 Å². The fourth-order valence-corrected chi connectivity index (χ4v) is 1.75. The van der Waals surface area contributed by atoms with Crippen LogP contribution in [0.2, 0.25) is 0 Å². The van der Waals surface area contributed by atoms with Crippen molar-refractivity contribution in [2.24, 2.45) is 0 Å². The van der Waals surface area contributed by atoms with Gasteiger partial charge in [0.1, 0.15) is 12.4 Å². The quantitative estimate of drug-likeness (QED) is 0.728. The molecular weight excluding hydrogens is 260 g/mol. The molecule has 2 aromatic heterocycles. The topological polar surface area (TPSA) is 118 Å². The molecule has 0 radical (unpaired) electrons. The molecule has 8 nitrogen and oxygen atoms in total. The number of aromatic nitrogens is 5. The van der Waals surface area contributed by atoms with Crippen LogP contribution in [0.1, 0.15) is 16.4 Å². The maximum absolute atomic E-state index is 11.1. The van der Waals surface area contributed by atoms with Gasteiger partial charge in [-0.3, -0.25) is 0 Å². The van der Waals surface area contributed by atoms with E-state index in [0.29, 0.717) is 10.9 Å². The van der Waals surface area contributed by atoms with Crippen LogP contribution in [0.3, 0.4) is 0 Å². The molecule has 20 heavy (non-hydrogen) atoms. The minimum atomic E-state index is -1.24. The molecule has 0 amide bonds. The number of hydrogen-bond acceptors (Lipinski definition) is 6. The summed E-state index contributed by atoms with van der Waals surface area (Å²) in [5.41, 5.74) is 0.476. The lowest BCUT2D eigenvalue weighted by molar-refractivity contribution is 0.0684. The molecule has 0 aliphatic carbocycles. The third kappa shape index (κ3) is 1.83. The van der Waals surface area contributed by atoms with Gasteiger partial charge in [0.2, 0.25) is 5.82 Å². The molecule has 0 aliphatic heterocycles. The predicted octanol–water partition coefficient (Wildman–Crippen LogP) is 0.780. The number of nitrogens with zero attached hydrogens (tertiary/aromatic N) is 6. The Morgan fingerprint density at radius 2 is 2.10 bits per heavy atom. The Bertz CT molecular complexity index is 864. The second-order valence-electron chi connectivity index (χ2n) is 3.82. The molecular formula is C12H6N6O2. The maximum Gasteiger partial charge on any atom is 0.374 e. The summed E-state index contributed by atoms with van der Waals surface area (Å²) in [5, 5.41) is 22.3. The molecule has 0 bridgehead atoms. The van der Waals surface area contributed by atoms with Crippen molar-refractivity contribution in [1.82, 2.24) is 24.7 Å². The molecule has 2 heterocycles. The molecule has 1 aromatic carbocycles. The van der Waals surface area contributed by atoms with E-state index in [4.69, 9.17) is 10.4 Å². The van der Waals surface area contributed by atoms with Crippen LogP contribution in [0.15, 0.2) is 30.6 Å². The van der Waals surface area contributed by atoms with Crippen molar-refractivity contribution in [2.45, 2.75) is 0 Å². The molecule has 0 saturated heterocycles. The summed E-state index contributed by atoms with van der Waals surface area (Å²) >= 11 is 0. The van der Waals surface area contributed by atoms with E-state index in [1.54, 1.807) is 30.3 Å². The van der Waals surface area contributed by atoms with Gasteiger partial charge in [-0.15, -0.1) is 5.10 Å². The van der Waals surface area contributed by atoms with Gasteiger partial charge in [-0.05, 0) is 12.1 Å². The molecule has 1 N–H and O–H groups in total. The van der Waals surface area contributed by atoms with E-state index in [9.17, 15) is 4.79 Å². The number of para-hydroxylation sites is 1. The SMILES string of the molecule is N#Cc1ncn(-c2nc(C(=O)O)nc3ccccc23)n1. The Labute approximate surface area is 112 Å². The van der Waals surface area contributed by atoms with Crippen LogP contribution in [-0.2, 0) is 0 Å². The van der Waals surface area contributed by atoms with E-state index >= 15 is 0 Å². The predicted molar refractivity (Wildman–Crippen MR) is 66.1 cm³/mol. The summed E-state index contributed by atoms with van der Waals surface area (Å²) in [5.74, 6) is -1.34. The summed E-state index contributed by atoms with van der Waals surface area (Å²) in [7, 11) is 0. The van der Waals surface area contributed by atoms with Gasteiger partial charge in [-0.25, -0.2) is 24.4 Å². The van der Waals surface area contributed by atoms with Gasteiger partial charge in [0.15, 0.2) is 5.82 Å². The summed E-state index contributed by atoms with van der Waals surface area (Å²) in [4.78, 5) is 22.8. The Morgan fingerprint density at radius 3 is 2.80 bits per heavy atom. The first-order valence-electron chi connectivity index (χ1n) is 5.51. The van der Waals surface area contributed by atoms with Crippen molar-refractivity contribution < 1.29 is 9.90 Å². The number of benzene rings is 1. The van der Waals surface area contributed by atoms with E-state index in [1.165, 1.54) is 11.0 Å². The number of aromatic carboxylic acids is 1. The first-order valence-corrected chi connectivity index (χ1v) is 5.51. The van der Waals surface area contributed by atoms with Crippen molar-refractivity contribution >= 4 is 16.9 Å². The number of carboxylic acids is 1. The highest BCUT2D eigenvalue weighted by Gasteiger charge is 2.15. The Balaban J connectivity index is 2.32. The third-order valence-electron chi connectivity index (χ3n) is 2.58. The highest BCUT2D eigenvalue weighted by atomic mass is 16.4. The van der Waals surface area contributed by atoms with Crippen LogP contribution in [0, 0.1) is 11.3 Å². The number of rotatable bonds is 2. The van der Waals surface area contributed by atoms with Crippen LogP contribution < -0.4 is 0 Å². The zero-order valence-electron chi connectivity index (χ0n) is 9.93. The van der Waals surface area contributed by atoms with Gasteiger partial charge in [-0.2, -0.15) is 5.26 Å². The van der Waals surface area contributed by atoms with Crippen molar-refractivity contribution in [3.05, 3.63) is 42.2 Å². The van der Waals surface area contributed by atoms with Gasteiger partial charge < -0.3 is 5.11 Å². The minimum Gasteiger partial charge on any atom is -0.475 e. The van der Waals surface area contributed by atoms with Crippen molar-refractivity contribution in [1.29, 1.82) is 5.26 Å². The zero-order valence-corrected chi connectivity index (χ0v) is 9.93. The van der Waals surface area contributed by atoms with E-state index in [1.807, 2.05) is 0 Å². The molecule has 96 valence electrons. The maximum atomic E-state index is 11.1. The molecule has 0 saturated carbocycles. The fraction of sp³-hybridized carbons (Fsp3) is 0. The second kappa shape index (κ2) is 4.40. The summed E-state index contributed by atoms with van der Waals surface area (Å²) < 4.78 is 1.26. The van der Waals surface area contributed by atoms with Gasteiger partial charge in [0, 0.05) is 5.39 Å². The minimum absolute atomic E-state index is 0.0235. The highest BCUT2D eigenvalue weighted by molar-refractivity contribution is 5.90. The van der Waals surface area contributed by atoms with E-state index in [-0.39, 0.29) is 17.5 Å². The zero-order chi connectivity index (χ0) is 14.1. The lowest BCUT2D eigenvalue weighted by Gasteiger charge is -2.05. The Kier molecular flexibility index (Phi) is 2.58. The molecule has 0 fully saturated rings. The molecule has 0 aliphatic rings. The largest absolute Gasteiger partial charge is 0.475 e. The average molecular weight is 266 g/mol. The third-order valence-corrected chi connectivity index (χ3v) is 2.58. The number of hydrogen-bond donors (Lipinski definition) is 1. The van der Waals surface area contributed by atoms with Gasteiger partial charge in [0.25, 0.3) is 5.82 Å². The monoisotopic (exact) mass is 266 g/mol. The highest BCUT2D eigenvalue weighted by Crippen LogP contribution is 2.18. The normalized spacial score (nSPS) is 10.3. The van der Waals surface area contributed by atoms with Crippen molar-refractivity contribution in [2.75, 3.05) is 0 Å². The van der Waals surface area contributed by atoms with E-state index < -0.39 is 5.97 Å². The molecule has 0 spiro atoms. The van der Waals surface area contributed by atoms with Crippen molar-refractivity contribution in [3.63, 3.8) is 0 Å². The number of carboxylic acid groups (broad SMARTS) is 1. The number of fused-ring (bicyclic) bond motifs is 1. The van der Waals surface area contributed by atoms with Crippen LogP contribution >= 0.6 is 0 Å². The standard InChI is InChI=1S/C12H6N6O2/c13-5-9-14-6-18(17-9)11-7-3-1-2-4-8(7)15-10(16-11)12(19)20/h1-4,6H,(H,19,20). The molecule has 0 unspecified atom stereocenters. The molecule has 3 rings (SSSR count). The lowest BCUT2D eigenvalue weighted by Crippen LogP contribution is -2.09. The first kappa shape index (κ1) is 11.7. The van der Waals surface area contributed by atoms with Crippen LogP contribution in [0.5, 0.6) is 0 Å². The number of carbonyl (C=O) groups is 1. The van der Waals surface area contributed by atoms with Crippen LogP contribution in [0.4, 0.5) is 0 Å². The van der Waals surface area contributed by atoms with Gasteiger partial charge >= 0.3 is 5.97 Å². The smallest absolute Gasteiger partial charge is 0.374 e. The van der Waals surface area contributed by atoms with Gasteiger partial charge in [-0.1, -0.05) is 12.1 Å². The Morgan fingerprint density at radius 1 is 1.30 bits per heavy atom. The molecule has 3 aromatic rings. The fourth-order valence-electron chi connectivity index (χ4n) is 1.75. The number of nitriles is 1. The van der Waals surface area contributed by atoms with Crippen LogP contribution in [-0.4, -0.2) is 35.8 Å². The Hall–Kier alpha value is -3.34. The van der Waals surface area contributed by atoms with E-state index in [2.05, 4.69) is 20.1 Å². The molecule has 8 heteroatoms. The molecule has 0 atom stereocenters. The van der Waals surface area contributed by atoms with Crippen molar-refractivity contribution in [3.8, 4) is 11.9 Å². The summed E-state index contributed by atoms with van der Waals surface area (Å²) in [6.45, 7) is 0. The first-order chi connectivity index (χ1) is 9.69. The average Bonchev–Trinajstić information content (AvgIpc) is 2.94.